The van der Waals surface area contributed by atoms with Crippen molar-refractivity contribution in [2.24, 2.45) is 5.41 Å². The Kier molecular flexibility index (Phi) is 7.17. The first kappa shape index (κ1) is 20.4. The number of rotatable bonds is 4. The highest BCUT2D eigenvalue weighted by Crippen LogP contribution is 2.24. The molecule has 1 aromatic rings. The molecule has 0 bridgehead atoms. The van der Waals surface area contributed by atoms with E-state index >= 15 is 0 Å². The third-order valence-electron chi connectivity index (χ3n) is 3.62. The fourth-order valence-electron chi connectivity index (χ4n) is 2.55. The molecular formula is C17H25ClFN3O2. The number of hydrogen-bond acceptors (Lipinski definition) is 3. The maximum absolute atomic E-state index is 14.4. The van der Waals surface area contributed by atoms with Gasteiger partial charge in [-0.05, 0) is 35.6 Å². The summed E-state index contributed by atoms with van der Waals surface area (Å²) in [6, 6.07) is 3.38. The van der Waals surface area contributed by atoms with Crippen molar-refractivity contribution in [1.29, 1.82) is 0 Å². The molecule has 0 unspecified atom stereocenters. The highest BCUT2D eigenvalue weighted by atomic mass is 35.5. The van der Waals surface area contributed by atoms with E-state index < -0.39 is 5.91 Å². The summed E-state index contributed by atoms with van der Waals surface area (Å²) >= 11 is 0. The van der Waals surface area contributed by atoms with E-state index in [0.717, 1.165) is 12.1 Å². The number of carbonyl (C=O) groups is 2. The van der Waals surface area contributed by atoms with Crippen molar-refractivity contribution < 1.29 is 14.0 Å². The minimum Gasteiger partial charge on any atom is -0.347 e. The molecule has 0 aliphatic carbocycles. The molecule has 1 aliphatic rings. The van der Waals surface area contributed by atoms with Crippen LogP contribution in [-0.4, -0.2) is 24.9 Å². The van der Waals surface area contributed by atoms with Gasteiger partial charge in [0.05, 0.1) is 12.2 Å². The van der Waals surface area contributed by atoms with Crippen LogP contribution in [0.25, 0.3) is 0 Å². The van der Waals surface area contributed by atoms with Crippen LogP contribution in [0.4, 0.5) is 10.1 Å². The van der Waals surface area contributed by atoms with Gasteiger partial charge in [0.2, 0.25) is 11.8 Å². The summed E-state index contributed by atoms with van der Waals surface area (Å²) in [4.78, 5) is 23.6. The number of nitrogens with one attached hydrogen (secondary N) is 3. The molecule has 3 N–H and O–H groups in total. The Morgan fingerprint density at radius 2 is 1.96 bits per heavy atom. The second-order valence-corrected chi connectivity index (χ2v) is 7.05. The Bertz CT molecular complexity index is 615. The van der Waals surface area contributed by atoms with Crippen molar-refractivity contribution in [1.82, 2.24) is 10.6 Å². The van der Waals surface area contributed by atoms with Gasteiger partial charge in [0.1, 0.15) is 5.82 Å². The molecule has 24 heavy (non-hydrogen) atoms. The standard InChI is InChI=1S/C17H24FN3O2.ClH/c1-17(2,3)8-14(22)20-10-15(23)21-13-5-4-11-9-19-7-6-12(11)16(13)18;/h4-5,19H,6-10H2,1-3H3,(H,20,22)(H,21,23);1H. The van der Waals surface area contributed by atoms with Gasteiger partial charge in [-0.2, -0.15) is 0 Å². The van der Waals surface area contributed by atoms with Gasteiger partial charge >= 0.3 is 0 Å². The molecule has 0 saturated carbocycles. The van der Waals surface area contributed by atoms with Crippen molar-refractivity contribution in [2.45, 2.75) is 40.2 Å². The molecule has 1 aliphatic heterocycles. The Morgan fingerprint density at radius 1 is 1.25 bits per heavy atom. The lowest BCUT2D eigenvalue weighted by atomic mass is 9.92. The van der Waals surface area contributed by atoms with Crippen molar-refractivity contribution in [3.8, 4) is 0 Å². The van der Waals surface area contributed by atoms with Crippen LogP contribution in [0.15, 0.2) is 12.1 Å². The van der Waals surface area contributed by atoms with Crippen molar-refractivity contribution in [2.75, 3.05) is 18.4 Å². The molecule has 0 radical (unpaired) electrons. The second kappa shape index (κ2) is 8.44. The smallest absolute Gasteiger partial charge is 0.243 e. The Labute approximate surface area is 148 Å². The normalized spacial score (nSPS) is 13.5. The number of amides is 2. The van der Waals surface area contributed by atoms with Crippen molar-refractivity contribution in [3.05, 3.63) is 29.1 Å². The third kappa shape index (κ3) is 5.76. The molecule has 0 aromatic heterocycles. The zero-order valence-corrected chi connectivity index (χ0v) is 15.1. The molecular weight excluding hydrogens is 333 g/mol. The summed E-state index contributed by atoms with van der Waals surface area (Å²) in [7, 11) is 0. The summed E-state index contributed by atoms with van der Waals surface area (Å²) in [5.74, 6) is -0.997. The van der Waals surface area contributed by atoms with E-state index in [1.54, 1.807) is 6.07 Å². The lowest BCUT2D eigenvalue weighted by molar-refractivity contribution is -0.125. The van der Waals surface area contributed by atoms with E-state index in [9.17, 15) is 14.0 Å². The minimum absolute atomic E-state index is 0. The molecule has 134 valence electrons. The summed E-state index contributed by atoms with van der Waals surface area (Å²) in [6.07, 6.45) is 0.938. The van der Waals surface area contributed by atoms with E-state index in [-0.39, 0.29) is 41.8 Å². The van der Waals surface area contributed by atoms with Crippen LogP contribution >= 0.6 is 12.4 Å². The second-order valence-electron chi connectivity index (χ2n) is 7.05. The van der Waals surface area contributed by atoms with Crippen LogP contribution in [0, 0.1) is 11.2 Å². The third-order valence-corrected chi connectivity index (χ3v) is 3.62. The highest BCUT2D eigenvalue weighted by molar-refractivity contribution is 5.94. The van der Waals surface area contributed by atoms with E-state index in [4.69, 9.17) is 0 Å². The molecule has 5 nitrogen and oxygen atoms in total. The number of fused-ring (bicyclic) bond motifs is 1. The fraction of sp³-hybridized carbons (Fsp3) is 0.529. The molecule has 0 fully saturated rings. The lowest BCUT2D eigenvalue weighted by Crippen LogP contribution is -2.35. The summed E-state index contributed by atoms with van der Waals surface area (Å²) in [5, 5.41) is 8.27. The number of halogens is 2. The molecule has 0 atom stereocenters. The highest BCUT2D eigenvalue weighted by Gasteiger charge is 2.19. The molecule has 1 heterocycles. The van der Waals surface area contributed by atoms with Crippen LogP contribution in [0.2, 0.25) is 0 Å². The SMILES string of the molecule is CC(C)(C)CC(=O)NCC(=O)Nc1ccc2c(c1F)CCNC2.Cl. The van der Waals surface area contributed by atoms with E-state index in [1.807, 2.05) is 26.8 Å². The summed E-state index contributed by atoms with van der Waals surface area (Å²) in [6.45, 7) is 7.05. The predicted octanol–water partition coefficient (Wildman–Crippen LogP) is 2.38. The van der Waals surface area contributed by atoms with Crippen molar-refractivity contribution >= 4 is 29.9 Å². The topological polar surface area (TPSA) is 70.2 Å². The van der Waals surface area contributed by atoms with E-state index in [1.165, 1.54) is 0 Å². The van der Waals surface area contributed by atoms with Gasteiger partial charge < -0.3 is 16.0 Å². The van der Waals surface area contributed by atoms with Gasteiger partial charge in [0.25, 0.3) is 0 Å². The van der Waals surface area contributed by atoms with Crippen LogP contribution in [0.5, 0.6) is 0 Å². The predicted molar refractivity (Wildman–Crippen MR) is 94.8 cm³/mol. The summed E-state index contributed by atoms with van der Waals surface area (Å²) in [5.41, 5.74) is 1.60. The van der Waals surface area contributed by atoms with Crippen LogP contribution < -0.4 is 16.0 Å². The average Bonchev–Trinajstić information content (AvgIpc) is 2.47. The largest absolute Gasteiger partial charge is 0.347 e. The molecule has 2 rings (SSSR count). The lowest BCUT2D eigenvalue weighted by Gasteiger charge is -2.19. The number of carbonyl (C=O) groups excluding carboxylic acids is 2. The fourth-order valence-corrected chi connectivity index (χ4v) is 2.55. The van der Waals surface area contributed by atoms with Gasteiger partial charge in [-0.25, -0.2) is 4.39 Å². The molecule has 2 amide bonds. The quantitative estimate of drug-likeness (QED) is 0.775. The first-order valence-corrected chi connectivity index (χ1v) is 7.84. The van der Waals surface area contributed by atoms with Gasteiger partial charge in [0, 0.05) is 13.0 Å². The van der Waals surface area contributed by atoms with Crippen LogP contribution in [0.3, 0.4) is 0 Å². The van der Waals surface area contributed by atoms with Crippen LogP contribution in [0.1, 0.15) is 38.3 Å². The Morgan fingerprint density at radius 3 is 2.62 bits per heavy atom. The maximum atomic E-state index is 14.4. The number of benzene rings is 1. The molecule has 1 aromatic carbocycles. The maximum Gasteiger partial charge on any atom is 0.243 e. The molecule has 7 heteroatoms. The zero-order chi connectivity index (χ0) is 17.0. The number of anilines is 1. The zero-order valence-electron chi connectivity index (χ0n) is 14.3. The van der Waals surface area contributed by atoms with Crippen LogP contribution in [-0.2, 0) is 22.6 Å². The van der Waals surface area contributed by atoms with Crippen molar-refractivity contribution in [3.63, 3.8) is 0 Å². The average molecular weight is 358 g/mol. The van der Waals surface area contributed by atoms with Gasteiger partial charge in [-0.1, -0.05) is 26.8 Å². The first-order valence-electron chi connectivity index (χ1n) is 7.84. The van der Waals surface area contributed by atoms with Gasteiger partial charge in [-0.15, -0.1) is 12.4 Å². The Hall–Kier alpha value is -1.66. The molecule has 0 saturated heterocycles. The monoisotopic (exact) mass is 357 g/mol. The van der Waals surface area contributed by atoms with E-state index in [0.29, 0.717) is 24.9 Å². The minimum atomic E-state index is -0.431. The van der Waals surface area contributed by atoms with E-state index in [2.05, 4.69) is 16.0 Å². The molecule has 0 spiro atoms. The number of hydrogen-bond donors (Lipinski definition) is 3. The van der Waals surface area contributed by atoms with Gasteiger partial charge in [-0.3, -0.25) is 9.59 Å². The Balaban J connectivity index is 0.00000288. The first-order chi connectivity index (χ1) is 10.8. The summed E-state index contributed by atoms with van der Waals surface area (Å²) < 4.78 is 14.4. The van der Waals surface area contributed by atoms with Gasteiger partial charge in [0.15, 0.2) is 0 Å².